The summed E-state index contributed by atoms with van der Waals surface area (Å²) in [4.78, 5) is 14.9. The maximum atomic E-state index is 11.3. The third-order valence-corrected chi connectivity index (χ3v) is 2.41. The molecule has 16 heavy (non-hydrogen) atoms. The maximum absolute atomic E-state index is 11.3. The summed E-state index contributed by atoms with van der Waals surface area (Å²) < 4.78 is 23.0. The Labute approximate surface area is 92.9 Å². The molecule has 9 heteroatoms. The Hall–Kier alpha value is -1.48. The van der Waals surface area contributed by atoms with Gasteiger partial charge in [0.15, 0.2) is 0 Å². The number of nitrogens with zero attached hydrogens (tertiary/aromatic N) is 3. The molecule has 0 saturated heterocycles. The Morgan fingerprint density at radius 1 is 1.56 bits per heavy atom. The predicted molar refractivity (Wildman–Crippen MR) is 55.9 cm³/mol. The first-order chi connectivity index (χ1) is 7.34. The standard InChI is InChI=1S/C7H13N5O3S/c1-3-4-5(13)9-6-10-7(11-12(6)2)16(8,14)15/h3-4H2,1-2H3,(H2,8,14,15)(H,9,10,11,13). The molecule has 0 fully saturated rings. The number of amides is 1. The quantitative estimate of drug-likeness (QED) is 0.721. The maximum Gasteiger partial charge on any atom is 0.283 e. The van der Waals surface area contributed by atoms with E-state index in [4.69, 9.17) is 5.14 Å². The Balaban J connectivity index is 2.91. The molecule has 0 unspecified atom stereocenters. The molecule has 0 aliphatic rings. The van der Waals surface area contributed by atoms with Gasteiger partial charge in [0, 0.05) is 13.5 Å². The Morgan fingerprint density at radius 2 is 2.19 bits per heavy atom. The van der Waals surface area contributed by atoms with Crippen LogP contribution in [0.3, 0.4) is 0 Å². The Kier molecular flexibility index (Phi) is 3.60. The first-order valence-electron chi connectivity index (χ1n) is 4.58. The lowest BCUT2D eigenvalue weighted by Gasteiger charge is -2.00. The Morgan fingerprint density at radius 3 is 2.62 bits per heavy atom. The zero-order chi connectivity index (χ0) is 12.3. The van der Waals surface area contributed by atoms with Crippen molar-refractivity contribution in [3.05, 3.63) is 0 Å². The summed E-state index contributed by atoms with van der Waals surface area (Å²) in [6.45, 7) is 1.85. The fourth-order valence-corrected chi connectivity index (χ4v) is 1.45. The number of hydrogen-bond acceptors (Lipinski definition) is 5. The number of carbonyl (C=O) groups is 1. The number of nitrogens with two attached hydrogens (primary N) is 1. The number of primary sulfonamides is 1. The van der Waals surface area contributed by atoms with E-state index in [1.807, 2.05) is 6.92 Å². The number of anilines is 1. The van der Waals surface area contributed by atoms with Crippen LogP contribution < -0.4 is 10.5 Å². The van der Waals surface area contributed by atoms with Gasteiger partial charge in [-0.3, -0.25) is 10.1 Å². The number of aryl methyl sites for hydroxylation is 1. The summed E-state index contributed by atoms with van der Waals surface area (Å²) in [6, 6.07) is 0. The van der Waals surface area contributed by atoms with Gasteiger partial charge in [0.25, 0.3) is 15.2 Å². The number of hydrogen-bond donors (Lipinski definition) is 2. The molecule has 90 valence electrons. The minimum absolute atomic E-state index is 0.0578. The van der Waals surface area contributed by atoms with Crippen LogP contribution in [-0.4, -0.2) is 29.1 Å². The third kappa shape index (κ3) is 3.00. The van der Waals surface area contributed by atoms with Gasteiger partial charge in [-0.05, 0) is 6.42 Å². The minimum Gasteiger partial charge on any atom is -0.295 e. The number of carbonyl (C=O) groups excluding carboxylic acids is 1. The molecule has 8 nitrogen and oxygen atoms in total. The van der Waals surface area contributed by atoms with Gasteiger partial charge in [-0.15, -0.1) is 5.10 Å². The van der Waals surface area contributed by atoms with Crippen LogP contribution in [-0.2, 0) is 21.9 Å². The van der Waals surface area contributed by atoms with Crippen molar-refractivity contribution in [3.8, 4) is 0 Å². The largest absolute Gasteiger partial charge is 0.295 e. The van der Waals surface area contributed by atoms with E-state index >= 15 is 0 Å². The van der Waals surface area contributed by atoms with Crippen molar-refractivity contribution in [3.63, 3.8) is 0 Å². The van der Waals surface area contributed by atoms with E-state index in [2.05, 4.69) is 15.4 Å². The number of sulfonamides is 1. The van der Waals surface area contributed by atoms with Gasteiger partial charge in [-0.2, -0.15) is 4.98 Å². The summed E-state index contributed by atoms with van der Waals surface area (Å²) in [6.07, 6.45) is 1.02. The molecule has 0 saturated carbocycles. The van der Waals surface area contributed by atoms with E-state index < -0.39 is 15.2 Å². The summed E-state index contributed by atoms with van der Waals surface area (Å²) in [5.74, 6) is -0.193. The highest BCUT2D eigenvalue weighted by Gasteiger charge is 2.17. The van der Waals surface area contributed by atoms with E-state index in [-0.39, 0.29) is 11.9 Å². The highest BCUT2D eigenvalue weighted by Crippen LogP contribution is 2.07. The molecule has 0 aliphatic heterocycles. The van der Waals surface area contributed by atoms with E-state index in [9.17, 15) is 13.2 Å². The topological polar surface area (TPSA) is 120 Å². The van der Waals surface area contributed by atoms with E-state index in [0.717, 1.165) is 4.68 Å². The number of nitrogens with one attached hydrogen (secondary N) is 1. The zero-order valence-corrected chi connectivity index (χ0v) is 9.78. The van der Waals surface area contributed by atoms with Gasteiger partial charge >= 0.3 is 0 Å². The van der Waals surface area contributed by atoms with Crippen LogP contribution in [0.5, 0.6) is 0 Å². The van der Waals surface area contributed by atoms with Gasteiger partial charge in [0.2, 0.25) is 11.9 Å². The molecule has 0 aromatic carbocycles. The molecule has 1 aromatic rings. The second-order valence-corrected chi connectivity index (χ2v) is 4.64. The van der Waals surface area contributed by atoms with Crippen LogP contribution in [0.25, 0.3) is 0 Å². The lowest BCUT2D eigenvalue weighted by molar-refractivity contribution is -0.116. The van der Waals surface area contributed by atoms with Gasteiger partial charge in [0.1, 0.15) is 0 Å². The van der Waals surface area contributed by atoms with Crippen molar-refractivity contribution >= 4 is 21.9 Å². The summed E-state index contributed by atoms with van der Waals surface area (Å²) in [5.41, 5.74) is 0. The molecule has 0 aliphatic carbocycles. The average molecular weight is 247 g/mol. The molecular weight excluding hydrogens is 234 g/mol. The molecule has 3 N–H and O–H groups in total. The minimum atomic E-state index is -3.95. The van der Waals surface area contributed by atoms with Crippen LogP contribution >= 0.6 is 0 Å². The van der Waals surface area contributed by atoms with Gasteiger partial charge in [-0.25, -0.2) is 18.2 Å². The third-order valence-electron chi connectivity index (χ3n) is 1.73. The van der Waals surface area contributed by atoms with Crippen LogP contribution in [0.1, 0.15) is 19.8 Å². The van der Waals surface area contributed by atoms with Crippen molar-refractivity contribution < 1.29 is 13.2 Å². The number of rotatable bonds is 4. The predicted octanol–water partition coefficient (Wildman–Crippen LogP) is -0.799. The molecule has 1 aromatic heterocycles. The van der Waals surface area contributed by atoms with Crippen LogP contribution in [0, 0.1) is 0 Å². The first kappa shape index (κ1) is 12.6. The highest BCUT2D eigenvalue weighted by atomic mass is 32.2. The average Bonchev–Trinajstić information content (AvgIpc) is 2.47. The molecule has 0 atom stereocenters. The van der Waals surface area contributed by atoms with E-state index in [1.165, 1.54) is 7.05 Å². The summed E-state index contributed by atoms with van der Waals surface area (Å²) in [7, 11) is -2.49. The van der Waals surface area contributed by atoms with Crippen molar-refractivity contribution in [1.29, 1.82) is 0 Å². The molecule has 0 spiro atoms. The van der Waals surface area contributed by atoms with Gasteiger partial charge < -0.3 is 0 Å². The SMILES string of the molecule is CCCC(=O)Nc1nc(S(N)(=O)=O)nn1C. The summed E-state index contributed by atoms with van der Waals surface area (Å²) in [5, 5.41) is 10.3. The zero-order valence-electron chi connectivity index (χ0n) is 8.97. The van der Waals surface area contributed by atoms with Crippen LogP contribution in [0.15, 0.2) is 5.16 Å². The highest BCUT2D eigenvalue weighted by molar-refractivity contribution is 7.89. The monoisotopic (exact) mass is 247 g/mol. The molecule has 0 bridgehead atoms. The van der Waals surface area contributed by atoms with Crippen molar-refractivity contribution in [2.75, 3.05) is 5.32 Å². The van der Waals surface area contributed by atoms with Gasteiger partial charge in [-0.1, -0.05) is 6.92 Å². The smallest absolute Gasteiger partial charge is 0.283 e. The van der Waals surface area contributed by atoms with Crippen LogP contribution in [0.4, 0.5) is 5.95 Å². The lowest BCUT2D eigenvalue weighted by atomic mass is 10.3. The summed E-state index contributed by atoms with van der Waals surface area (Å²) >= 11 is 0. The second kappa shape index (κ2) is 4.58. The fourth-order valence-electron chi connectivity index (χ4n) is 1.00. The first-order valence-corrected chi connectivity index (χ1v) is 6.13. The lowest BCUT2D eigenvalue weighted by Crippen LogP contribution is -2.15. The Bertz CT molecular complexity index is 492. The molecule has 0 radical (unpaired) electrons. The van der Waals surface area contributed by atoms with Gasteiger partial charge in [0.05, 0.1) is 0 Å². The van der Waals surface area contributed by atoms with Crippen molar-refractivity contribution in [2.45, 2.75) is 24.9 Å². The fraction of sp³-hybridized carbons (Fsp3) is 0.571. The molecule has 1 amide bonds. The second-order valence-electron chi connectivity index (χ2n) is 3.18. The normalized spacial score (nSPS) is 11.4. The van der Waals surface area contributed by atoms with Crippen LogP contribution in [0.2, 0.25) is 0 Å². The number of aromatic nitrogens is 3. The molecule has 1 rings (SSSR count). The molecular formula is C7H13N5O3S. The molecule has 1 heterocycles. The van der Waals surface area contributed by atoms with Crippen molar-refractivity contribution in [1.82, 2.24) is 14.8 Å². The van der Waals surface area contributed by atoms with E-state index in [0.29, 0.717) is 12.8 Å². The van der Waals surface area contributed by atoms with E-state index in [1.54, 1.807) is 0 Å². The van der Waals surface area contributed by atoms with Crippen molar-refractivity contribution in [2.24, 2.45) is 12.2 Å².